The minimum atomic E-state index is -0.493. The number of carbonyl (C=O) groups excluding carboxylic acids is 2. The fraction of sp³-hybridized carbons (Fsp3) is 0.481. The third-order valence-electron chi connectivity index (χ3n) is 6.72. The van der Waals surface area contributed by atoms with Crippen LogP contribution in [0.25, 0.3) is 10.9 Å². The zero-order chi connectivity index (χ0) is 25.7. The monoisotopic (exact) mass is 494 g/mol. The molecule has 1 fully saturated rings. The van der Waals surface area contributed by atoms with Crippen LogP contribution >= 0.6 is 0 Å². The highest BCUT2D eigenvalue weighted by Gasteiger charge is 2.26. The van der Waals surface area contributed by atoms with E-state index in [1.54, 1.807) is 42.7 Å². The van der Waals surface area contributed by atoms with Crippen LogP contribution in [0.15, 0.2) is 56.7 Å². The molecule has 4 rings (SSSR count). The molecule has 1 aliphatic heterocycles. The van der Waals surface area contributed by atoms with E-state index < -0.39 is 5.69 Å². The molecule has 9 heteroatoms. The Bertz CT molecular complexity index is 1310. The van der Waals surface area contributed by atoms with Crippen molar-refractivity contribution in [2.24, 2.45) is 11.8 Å². The molecule has 0 spiro atoms. The molecule has 0 bridgehead atoms. The Morgan fingerprint density at radius 2 is 1.75 bits per heavy atom. The first-order chi connectivity index (χ1) is 17.3. The van der Waals surface area contributed by atoms with Crippen molar-refractivity contribution in [1.29, 1.82) is 0 Å². The van der Waals surface area contributed by atoms with Crippen molar-refractivity contribution in [1.82, 2.24) is 19.4 Å². The summed E-state index contributed by atoms with van der Waals surface area (Å²) in [7, 11) is 0. The topological polar surface area (TPSA) is 107 Å². The van der Waals surface area contributed by atoms with E-state index in [0.29, 0.717) is 61.0 Å². The molecule has 1 saturated heterocycles. The molecule has 192 valence electrons. The number of benzene rings is 1. The summed E-state index contributed by atoms with van der Waals surface area (Å²) in [6.07, 6.45) is 3.91. The lowest BCUT2D eigenvalue weighted by molar-refractivity contribution is -0.134. The third kappa shape index (κ3) is 5.95. The molecular formula is C27H34N4O5. The van der Waals surface area contributed by atoms with E-state index in [9.17, 15) is 19.2 Å². The maximum Gasteiger partial charge on any atom is 0.331 e. The van der Waals surface area contributed by atoms with Crippen molar-refractivity contribution in [3.05, 3.63) is 69.3 Å². The van der Waals surface area contributed by atoms with Crippen molar-refractivity contribution >= 4 is 22.7 Å². The second kappa shape index (κ2) is 11.4. The fourth-order valence-corrected chi connectivity index (χ4v) is 5.07. The lowest BCUT2D eigenvalue weighted by Gasteiger charge is -2.35. The molecule has 2 aromatic heterocycles. The summed E-state index contributed by atoms with van der Waals surface area (Å²) in [4.78, 5) is 53.6. The van der Waals surface area contributed by atoms with Gasteiger partial charge in [0.15, 0.2) is 0 Å². The summed E-state index contributed by atoms with van der Waals surface area (Å²) in [5, 5.41) is 3.19. The van der Waals surface area contributed by atoms with Gasteiger partial charge < -0.3 is 14.6 Å². The zero-order valence-electron chi connectivity index (χ0n) is 20.9. The van der Waals surface area contributed by atoms with Crippen molar-refractivity contribution in [2.45, 2.75) is 59.2 Å². The zero-order valence-corrected chi connectivity index (χ0v) is 20.9. The molecule has 3 heterocycles. The fourth-order valence-electron chi connectivity index (χ4n) is 5.07. The molecule has 0 unspecified atom stereocenters. The van der Waals surface area contributed by atoms with Gasteiger partial charge in [-0.25, -0.2) is 4.79 Å². The minimum absolute atomic E-state index is 0.103. The first kappa shape index (κ1) is 25.5. The van der Waals surface area contributed by atoms with Gasteiger partial charge in [-0.1, -0.05) is 26.0 Å². The van der Waals surface area contributed by atoms with Crippen LogP contribution in [-0.4, -0.2) is 38.9 Å². The number of fused-ring (bicyclic) bond motifs is 1. The molecule has 0 radical (unpaired) electrons. The van der Waals surface area contributed by atoms with Gasteiger partial charge in [0, 0.05) is 26.1 Å². The van der Waals surface area contributed by atoms with Crippen LogP contribution in [0, 0.1) is 11.8 Å². The predicted molar refractivity (Wildman–Crippen MR) is 136 cm³/mol. The van der Waals surface area contributed by atoms with E-state index in [1.165, 1.54) is 9.13 Å². The van der Waals surface area contributed by atoms with Crippen LogP contribution in [0.5, 0.6) is 0 Å². The summed E-state index contributed by atoms with van der Waals surface area (Å²) in [5.41, 5.74) is -0.401. The molecule has 2 atom stereocenters. The van der Waals surface area contributed by atoms with Crippen LogP contribution < -0.4 is 16.6 Å². The number of nitrogens with one attached hydrogen (secondary N) is 1. The van der Waals surface area contributed by atoms with Crippen LogP contribution in [-0.2, 0) is 29.2 Å². The van der Waals surface area contributed by atoms with Crippen molar-refractivity contribution in [2.75, 3.05) is 13.1 Å². The molecule has 3 aromatic rings. The van der Waals surface area contributed by atoms with Gasteiger partial charge in [0.1, 0.15) is 12.3 Å². The van der Waals surface area contributed by atoms with Crippen molar-refractivity contribution < 1.29 is 14.0 Å². The average Bonchev–Trinajstić information content (AvgIpc) is 3.38. The van der Waals surface area contributed by atoms with Crippen molar-refractivity contribution in [3.63, 3.8) is 0 Å². The van der Waals surface area contributed by atoms with Gasteiger partial charge in [0.2, 0.25) is 11.8 Å². The highest BCUT2D eigenvalue weighted by Crippen LogP contribution is 2.21. The smallest absolute Gasteiger partial charge is 0.331 e. The SMILES string of the molecule is C[C@@H]1C[C@@H](C)CN(C(=O)Cn2c(=O)n(CCCCC(=O)NCc3ccco3)c(=O)c3ccccc32)C1. The summed E-state index contributed by atoms with van der Waals surface area (Å²) < 4.78 is 7.81. The molecule has 1 N–H and O–H groups in total. The largest absolute Gasteiger partial charge is 0.467 e. The molecule has 9 nitrogen and oxygen atoms in total. The van der Waals surface area contributed by atoms with Gasteiger partial charge in [0.05, 0.1) is 23.7 Å². The number of para-hydroxylation sites is 1. The summed E-state index contributed by atoms with van der Waals surface area (Å²) in [6, 6.07) is 10.5. The minimum Gasteiger partial charge on any atom is -0.467 e. The van der Waals surface area contributed by atoms with Crippen LogP contribution in [0.2, 0.25) is 0 Å². The van der Waals surface area contributed by atoms with Crippen LogP contribution in [0.1, 0.15) is 45.3 Å². The maximum absolute atomic E-state index is 13.4. The summed E-state index contributed by atoms with van der Waals surface area (Å²) in [6.45, 7) is 6.02. The van der Waals surface area contributed by atoms with E-state index in [1.807, 2.05) is 4.90 Å². The number of nitrogens with zero attached hydrogens (tertiary/aromatic N) is 3. The normalized spacial score (nSPS) is 17.9. The summed E-state index contributed by atoms with van der Waals surface area (Å²) >= 11 is 0. The number of furan rings is 1. The number of likely N-dealkylation sites (tertiary alicyclic amines) is 1. The van der Waals surface area contributed by atoms with Crippen LogP contribution in [0.4, 0.5) is 0 Å². The number of hydrogen-bond acceptors (Lipinski definition) is 5. The van der Waals surface area contributed by atoms with Gasteiger partial charge in [0.25, 0.3) is 5.56 Å². The second-order valence-electron chi connectivity index (χ2n) is 9.90. The molecular weight excluding hydrogens is 460 g/mol. The molecule has 2 amide bonds. The number of carbonyl (C=O) groups is 2. The van der Waals surface area contributed by atoms with Gasteiger partial charge in [-0.15, -0.1) is 0 Å². The average molecular weight is 495 g/mol. The van der Waals surface area contributed by atoms with E-state index >= 15 is 0 Å². The van der Waals surface area contributed by atoms with Gasteiger partial charge in [-0.2, -0.15) is 0 Å². The van der Waals surface area contributed by atoms with E-state index in [4.69, 9.17) is 4.42 Å². The Hall–Kier alpha value is -3.62. The standard InChI is InChI=1S/C27H34N4O5/c1-19-14-20(2)17-29(16-19)25(33)18-31-23-10-4-3-9-22(23)26(34)30(27(31)35)12-6-5-11-24(32)28-15-21-8-7-13-36-21/h3-4,7-10,13,19-20H,5-6,11-12,14-18H2,1-2H3,(H,28,32)/t19-,20-/m1/s1. The first-order valence-electron chi connectivity index (χ1n) is 12.6. The Kier molecular flexibility index (Phi) is 8.07. The highest BCUT2D eigenvalue weighted by atomic mass is 16.3. The highest BCUT2D eigenvalue weighted by molar-refractivity contribution is 5.81. The van der Waals surface area contributed by atoms with Gasteiger partial charge in [-0.05, 0) is 55.4 Å². The van der Waals surface area contributed by atoms with Crippen LogP contribution in [0.3, 0.4) is 0 Å². The molecule has 1 aromatic carbocycles. The van der Waals surface area contributed by atoms with E-state index in [2.05, 4.69) is 19.2 Å². The quantitative estimate of drug-likeness (QED) is 0.461. The summed E-state index contributed by atoms with van der Waals surface area (Å²) in [5.74, 6) is 1.27. The lowest BCUT2D eigenvalue weighted by Crippen LogP contribution is -2.47. The number of aromatic nitrogens is 2. The first-order valence-corrected chi connectivity index (χ1v) is 12.6. The predicted octanol–water partition coefficient (Wildman–Crippen LogP) is 2.75. The Morgan fingerprint density at radius 1 is 1.00 bits per heavy atom. The Morgan fingerprint density at radius 3 is 2.47 bits per heavy atom. The number of hydrogen-bond donors (Lipinski definition) is 1. The van der Waals surface area contributed by atoms with Crippen molar-refractivity contribution in [3.8, 4) is 0 Å². The van der Waals surface area contributed by atoms with E-state index in [-0.39, 0.29) is 36.9 Å². The molecule has 1 aliphatic rings. The second-order valence-corrected chi connectivity index (χ2v) is 9.90. The van der Waals surface area contributed by atoms with E-state index in [0.717, 1.165) is 6.42 Å². The Labute approximate surface area is 209 Å². The number of amides is 2. The number of rotatable bonds is 9. The molecule has 0 aliphatic carbocycles. The molecule has 0 saturated carbocycles. The van der Waals surface area contributed by atoms with Gasteiger partial charge in [-0.3, -0.25) is 23.5 Å². The Balaban J connectivity index is 1.46. The molecule has 36 heavy (non-hydrogen) atoms. The third-order valence-corrected chi connectivity index (χ3v) is 6.72. The number of piperidine rings is 1. The lowest BCUT2D eigenvalue weighted by atomic mass is 9.92. The van der Waals surface area contributed by atoms with Gasteiger partial charge >= 0.3 is 5.69 Å². The maximum atomic E-state index is 13.4. The number of unbranched alkanes of at least 4 members (excludes halogenated alkanes) is 1.